The molecule has 16 heavy (non-hydrogen) atoms. The van der Waals surface area contributed by atoms with Gasteiger partial charge >= 0.3 is 0 Å². The molecule has 0 spiro atoms. The Morgan fingerprint density at radius 1 is 1.31 bits per heavy atom. The number of benzene rings is 1. The summed E-state index contributed by atoms with van der Waals surface area (Å²) in [5.41, 5.74) is 2.39. The van der Waals surface area contributed by atoms with Crippen LogP contribution >= 0.6 is 0 Å². The van der Waals surface area contributed by atoms with E-state index in [2.05, 4.69) is 0 Å². The molecule has 0 unspecified atom stereocenters. The Bertz CT molecular complexity index is 388. The van der Waals surface area contributed by atoms with Crippen LogP contribution in [-0.4, -0.2) is 18.8 Å². The molecule has 0 heterocycles. The third kappa shape index (κ3) is 1.92. The van der Waals surface area contributed by atoms with Gasteiger partial charge in [-0.1, -0.05) is 0 Å². The molecule has 1 aromatic rings. The van der Waals surface area contributed by atoms with Gasteiger partial charge in [0, 0.05) is 12.2 Å². The fourth-order valence-electron chi connectivity index (χ4n) is 2.41. The first-order chi connectivity index (χ1) is 7.77. The van der Waals surface area contributed by atoms with Crippen molar-refractivity contribution in [1.82, 2.24) is 0 Å². The van der Waals surface area contributed by atoms with Gasteiger partial charge < -0.3 is 9.84 Å². The summed E-state index contributed by atoms with van der Waals surface area (Å²) in [6.45, 7) is -0.0289. The van der Waals surface area contributed by atoms with Crippen molar-refractivity contribution >= 4 is 0 Å². The summed E-state index contributed by atoms with van der Waals surface area (Å²) in [5.74, 6) is 0.643. The summed E-state index contributed by atoms with van der Waals surface area (Å²) >= 11 is 0. The van der Waals surface area contributed by atoms with E-state index in [4.69, 9.17) is 9.84 Å². The maximum absolute atomic E-state index is 14.1. The standard InChI is InChI=1S/C13H17FO2/c1-16-12-8-9(6-7-15)13(14)11-5-3-2-4-10(11)12/h8,15H,2-7H2,1H3. The van der Waals surface area contributed by atoms with Gasteiger partial charge in [0.1, 0.15) is 11.6 Å². The minimum atomic E-state index is -0.135. The molecule has 2 rings (SSSR count). The number of rotatable bonds is 3. The molecule has 1 aliphatic rings. The number of hydrogen-bond donors (Lipinski definition) is 1. The van der Waals surface area contributed by atoms with E-state index < -0.39 is 0 Å². The van der Waals surface area contributed by atoms with E-state index in [0.29, 0.717) is 12.0 Å². The summed E-state index contributed by atoms with van der Waals surface area (Å²) in [6, 6.07) is 1.73. The second-order valence-electron chi connectivity index (χ2n) is 4.19. The van der Waals surface area contributed by atoms with E-state index in [1.54, 1.807) is 13.2 Å². The maximum atomic E-state index is 14.1. The largest absolute Gasteiger partial charge is 0.496 e. The Labute approximate surface area is 95.1 Å². The van der Waals surface area contributed by atoms with Gasteiger partial charge in [-0.05, 0) is 49.3 Å². The fourth-order valence-corrected chi connectivity index (χ4v) is 2.41. The predicted octanol–water partition coefficient (Wildman–Crippen LogP) is 2.25. The summed E-state index contributed by atoms with van der Waals surface area (Å²) in [4.78, 5) is 0. The van der Waals surface area contributed by atoms with Crippen molar-refractivity contribution in [2.24, 2.45) is 0 Å². The van der Waals surface area contributed by atoms with Crippen molar-refractivity contribution in [2.75, 3.05) is 13.7 Å². The first-order valence-corrected chi connectivity index (χ1v) is 5.76. The number of methoxy groups -OCH3 is 1. The van der Waals surface area contributed by atoms with Crippen molar-refractivity contribution in [3.63, 3.8) is 0 Å². The van der Waals surface area contributed by atoms with E-state index in [9.17, 15) is 4.39 Å². The van der Waals surface area contributed by atoms with Crippen LogP contribution in [0, 0.1) is 5.82 Å². The van der Waals surface area contributed by atoms with Crippen LogP contribution < -0.4 is 4.74 Å². The van der Waals surface area contributed by atoms with Gasteiger partial charge in [-0.2, -0.15) is 0 Å². The van der Waals surface area contributed by atoms with Crippen molar-refractivity contribution in [1.29, 1.82) is 0 Å². The molecular weight excluding hydrogens is 207 g/mol. The first-order valence-electron chi connectivity index (χ1n) is 5.76. The average molecular weight is 224 g/mol. The van der Waals surface area contributed by atoms with Crippen LogP contribution in [0.1, 0.15) is 29.5 Å². The summed E-state index contributed by atoms with van der Waals surface area (Å²) < 4.78 is 19.4. The van der Waals surface area contributed by atoms with Crippen molar-refractivity contribution in [3.05, 3.63) is 28.6 Å². The number of hydrogen-bond acceptors (Lipinski definition) is 2. The van der Waals surface area contributed by atoms with Gasteiger partial charge in [-0.3, -0.25) is 0 Å². The SMILES string of the molecule is COc1cc(CCO)c(F)c2c1CCCC2. The Kier molecular flexibility index (Phi) is 3.44. The van der Waals surface area contributed by atoms with Crippen molar-refractivity contribution < 1.29 is 14.2 Å². The van der Waals surface area contributed by atoms with Crippen LogP contribution in [0.3, 0.4) is 0 Å². The zero-order valence-corrected chi connectivity index (χ0v) is 9.55. The fraction of sp³-hybridized carbons (Fsp3) is 0.538. The molecule has 0 atom stereocenters. The molecule has 3 heteroatoms. The average Bonchev–Trinajstić information content (AvgIpc) is 2.33. The van der Waals surface area contributed by atoms with Gasteiger partial charge in [0.25, 0.3) is 0 Å². The smallest absolute Gasteiger partial charge is 0.130 e. The zero-order chi connectivity index (χ0) is 11.5. The number of halogens is 1. The second-order valence-corrected chi connectivity index (χ2v) is 4.19. The summed E-state index contributed by atoms with van der Waals surface area (Å²) in [6.07, 6.45) is 4.18. The van der Waals surface area contributed by atoms with Crippen LogP contribution in [0.25, 0.3) is 0 Å². The molecule has 0 aliphatic heterocycles. The highest BCUT2D eigenvalue weighted by Crippen LogP contribution is 2.33. The molecule has 0 saturated heterocycles. The lowest BCUT2D eigenvalue weighted by Crippen LogP contribution is -2.10. The quantitative estimate of drug-likeness (QED) is 0.853. The highest BCUT2D eigenvalue weighted by atomic mass is 19.1. The van der Waals surface area contributed by atoms with E-state index in [0.717, 1.165) is 42.6 Å². The lowest BCUT2D eigenvalue weighted by atomic mass is 9.88. The van der Waals surface area contributed by atoms with E-state index in [1.165, 1.54) is 0 Å². The Balaban J connectivity index is 2.51. The summed E-state index contributed by atoms with van der Waals surface area (Å²) in [5, 5.41) is 8.90. The van der Waals surface area contributed by atoms with Crippen molar-refractivity contribution in [3.8, 4) is 5.75 Å². The lowest BCUT2D eigenvalue weighted by molar-refractivity contribution is 0.297. The molecule has 1 aromatic carbocycles. The Morgan fingerprint density at radius 3 is 2.62 bits per heavy atom. The maximum Gasteiger partial charge on any atom is 0.130 e. The highest BCUT2D eigenvalue weighted by Gasteiger charge is 2.20. The molecule has 0 aromatic heterocycles. The summed E-state index contributed by atoms with van der Waals surface area (Å²) in [7, 11) is 1.62. The van der Waals surface area contributed by atoms with E-state index >= 15 is 0 Å². The van der Waals surface area contributed by atoms with Gasteiger partial charge in [0.05, 0.1) is 7.11 Å². The number of ether oxygens (including phenoxy) is 1. The number of fused-ring (bicyclic) bond motifs is 1. The van der Waals surface area contributed by atoms with Gasteiger partial charge in [0.2, 0.25) is 0 Å². The Hall–Kier alpha value is -1.09. The monoisotopic (exact) mass is 224 g/mol. The van der Waals surface area contributed by atoms with Crippen molar-refractivity contribution in [2.45, 2.75) is 32.1 Å². The minimum absolute atomic E-state index is 0.0289. The van der Waals surface area contributed by atoms with Gasteiger partial charge in [-0.15, -0.1) is 0 Å². The topological polar surface area (TPSA) is 29.5 Å². The zero-order valence-electron chi connectivity index (χ0n) is 9.55. The minimum Gasteiger partial charge on any atom is -0.496 e. The molecule has 0 radical (unpaired) electrons. The predicted molar refractivity (Wildman–Crippen MR) is 60.4 cm³/mol. The van der Waals surface area contributed by atoms with E-state index in [1.807, 2.05) is 0 Å². The number of aliphatic hydroxyl groups excluding tert-OH is 1. The van der Waals surface area contributed by atoms with Crippen LogP contribution in [-0.2, 0) is 19.3 Å². The highest BCUT2D eigenvalue weighted by molar-refractivity contribution is 5.46. The normalized spacial score (nSPS) is 14.7. The molecule has 0 fully saturated rings. The molecular formula is C13H17FO2. The van der Waals surface area contributed by atoms with Crippen LogP contribution in [0.4, 0.5) is 4.39 Å². The second kappa shape index (κ2) is 4.83. The van der Waals surface area contributed by atoms with Crippen LogP contribution in [0.5, 0.6) is 5.75 Å². The van der Waals surface area contributed by atoms with Gasteiger partial charge in [0.15, 0.2) is 0 Å². The third-order valence-corrected chi connectivity index (χ3v) is 3.22. The molecule has 0 amide bonds. The molecule has 88 valence electrons. The molecule has 1 N–H and O–H groups in total. The molecule has 0 bridgehead atoms. The molecule has 0 saturated carbocycles. The molecule has 2 nitrogen and oxygen atoms in total. The molecule has 1 aliphatic carbocycles. The van der Waals surface area contributed by atoms with Crippen LogP contribution in [0.15, 0.2) is 6.07 Å². The first kappa shape index (κ1) is 11.4. The Morgan fingerprint density at radius 2 is 2.00 bits per heavy atom. The van der Waals surface area contributed by atoms with Gasteiger partial charge in [-0.25, -0.2) is 4.39 Å². The van der Waals surface area contributed by atoms with Crippen LogP contribution in [0.2, 0.25) is 0 Å². The number of aliphatic hydroxyl groups is 1. The lowest BCUT2D eigenvalue weighted by Gasteiger charge is -2.21. The van der Waals surface area contributed by atoms with E-state index in [-0.39, 0.29) is 12.4 Å². The third-order valence-electron chi connectivity index (χ3n) is 3.22.